The first kappa shape index (κ1) is 15.9. The molecule has 0 aromatic heterocycles. The largest absolute Gasteiger partial charge is 0.488 e. The van der Waals surface area contributed by atoms with Crippen molar-refractivity contribution in [2.45, 2.75) is 26.4 Å². The second-order valence-corrected chi connectivity index (χ2v) is 5.13. The van der Waals surface area contributed by atoms with Gasteiger partial charge in [-0.25, -0.2) is 4.99 Å². The molecule has 0 amide bonds. The molecule has 116 valence electrons. The van der Waals surface area contributed by atoms with Crippen molar-refractivity contribution in [3.05, 3.63) is 60.2 Å². The van der Waals surface area contributed by atoms with Crippen molar-refractivity contribution in [2.75, 3.05) is 11.9 Å². The first-order chi connectivity index (χ1) is 10.7. The topological polar surface area (TPSA) is 59.6 Å². The Morgan fingerprint density at radius 3 is 2.50 bits per heavy atom. The van der Waals surface area contributed by atoms with Crippen LogP contribution in [0.4, 0.5) is 5.69 Å². The number of guanidine groups is 1. The third-order valence-electron chi connectivity index (χ3n) is 3.35. The summed E-state index contributed by atoms with van der Waals surface area (Å²) in [6, 6.07) is 17.8. The molecule has 2 aromatic rings. The van der Waals surface area contributed by atoms with Gasteiger partial charge in [0.2, 0.25) is 0 Å². The van der Waals surface area contributed by atoms with E-state index in [1.54, 1.807) is 0 Å². The van der Waals surface area contributed by atoms with Gasteiger partial charge in [-0.2, -0.15) is 0 Å². The summed E-state index contributed by atoms with van der Waals surface area (Å²) < 4.78 is 6.00. The molecule has 1 atom stereocenters. The molecule has 0 heterocycles. The fourth-order valence-electron chi connectivity index (χ4n) is 2.03. The second-order valence-electron chi connectivity index (χ2n) is 5.13. The zero-order valence-corrected chi connectivity index (χ0v) is 13.1. The number of ether oxygens (including phenoxy) is 1. The molecule has 0 fully saturated rings. The van der Waals surface area contributed by atoms with E-state index in [0.29, 0.717) is 12.5 Å². The first-order valence-electron chi connectivity index (χ1n) is 7.53. The molecule has 22 heavy (non-hydrogen) atoms. The molecule has 2 aromatic carbocycles. The van der Waals surface area contributed by atoms with Gasteiger partial charge in [0.25, 0.3) is 0 Å². The predicted molar refractivity (Wildman–Crippen MR) is 92.4 cm³/mol. The normalized spacial score (nSPS) is 12.7. The van der Waals surface area contributed by atoms with Crippen LogP contribution >= 0.6 is 0 Å². The smallest absolute Gasteiger partial charge is 0.193 e. The highest BCUT2D eigenvalue weighted by molar-refractivity contribution is 5.92. The van der Waals surface area contributed by atoms with Gasteiger partial charge in [-0.3, -0.25) is 0 Å². The van der Waals surface area contributed by atoms with Crippen molar-refractivity contribution in [1.82, 2.24) is 0 Å². The van der Waals surface area contributed by atoms with Crippen LogP contribution in [0, 0.1) is 6.92 Å². The van der Waals surface area contributed by atoms with Gasteiger partial charge in [0.05, 0.1) is 6.54 Å². The lowest BCUT2D eigenvalue weighted by atomic mass is 10.2. The van der Waals surface area contributed by atoms with Crippen LogP contribution in [0.2, 0.25) is 0 Å². The fraction of sp³-hybridized carbons (Fsp3) is 0.278. The predicted octanol–water partition coefficient (Wildman–Crippen LogP) is 3.58. The molecule has 0 radical (unpaired) electrons. The van der Waals surface area contributed by atoms with E-state index in [2.05, 4.69) is 17.2 Å². The summed E-state index contributed by atoms with van der Waals surface area (Å²) in [5.74, 6) is 1.30. The van der Waals surface area contributed by atoms with Gasteiger partial charge in [-0.05, 0) is 37.1 Å². The van der Waals surface area contributed by atoms with Crippen LogP contribution in [0.1, 0.15) is 18.9 Å². The molecule has 0 aliphatic carbocycles. The molecule has 0 saturated carbocycles. The van der Waals surface area contributed by atoms with Crippen molar-refractivity contribution >= 4 is 11.6 Å². The van der Waals surface area contributed by atoms with Gasteiger partial charge >= 0.3 is 0 Å². The van der Waals surface area contributed by atoms with Crippen molar-refractivity contribution < 1.29 is 4.74 Å². The van der Waals surface area contributed by atoms with E-state index in [1.165, 1.54) is 0 Å². The molecule has 0 saturated heterocycles. The van der Waals surface area contributed by atoms with E-state index < -0.39 is 0 Å². The highest BCUT2D eigenvalue weighted by atomic mass is 16.5. The molecule has 4 nitrogen and oxygen atoms in total. The second kappa shape index (κ2) is 8.08. The summed E-state index contributed by atoms with van der Waals surface area (Å²) in [6.07, 6.45) is 0.883. The van der Waals surface area contributed by atoms with Crippen molar-refractivity contribution in [1.29, 1.82) is 0 Å². The maximum Gasteiger partial charge on any atom is 0.193 e. The number of nitrogens with zero attached hydrogens (tertiary/aromatic N) is 1. The minimum atomic E-state index is 0.0113. The van der Waals surface area contributed by atoms with Gasteiger partial charge in [0.1, 0.15) is 11.9 Å². The Hall–Kier alpha value is -2.49. The van der Waals surface area contributed by atoms with Crippen LogP contribution in [0.3, 0.4) is 0 Å². The number of benzene rings is 2. The summed E-state index contributed by atoms with van der Waals surface area (Å²) in [5.41, 5.74) is 7.97. The number of rotatable bonds is 6. The molecule has 0 aliphatic rings. The summed E-state index contributed by atoms with van der Waals surface area (Å²) in [5, 5.41) is 3.07. The number of aliphatic imine (C=N–C) groups is 1. The maximum atomic E-state index is 6.00. The van der Waals surface area contributed by atoms with Crippen LogP contribution in [-0.2, 0) is 0 Å². The molecule has 3 N–H and O–H groups in total. The lowest BCUT2D eigenvalue weighted by Gasteiger charge is -2.17. The summed E-state index contributed by atoms with van der Waals surface area (Å²) >= 11 is 0. The Bertz CT molecular complexity index is 611. The minimum Gasteiger partial charge on any atom is -0.488 e. The zero-order valence-electron chi connectivity index (χ0n) is 13.1. The number of nitrogens with two attached hydrogens (primary N) is 1. The lowest BCUT2D eigenvalue weighted by molar-refractivity contribution is 0.204. The van der Waals surface area contributed by atoms with E-state index in [0.717, 1.165) is 23.4 Å². The van der Waals surface area contributed by atoms with Gasteiger partial charge in [-0.1, -0.05) is 43.3 Å². The SMILES string of the molecule is CCC(CN=C(N)Nc1ccccc1)Oc1ccccc1C. The maximum absolute atomic E-state index is 6.00. The fourth-order valence-corrected chi connectivity index (χ4v) is 2.03. The monoisotopic (exact) mass is 297 g/mol. The van der Waals surface area contributed by atoms with Crippen molar-refractivity contribution in [3.8, 4) is 5.75 Å². The van der Waals surface area contributed by atoms with Gasteiger partial charge in [-0.15, -0.1) is 0 Å². The summed E-state index contributed by atoms with van der Waals surface area (Å²) in [4.78, 5) is 4.37. The molecule has 2 rings (SSSR count). The quantitative estimate of drug-likeness (QED) is 0.633. The van der Waals surface area contributed by atoms with E-state index in [1.807, 2.05) is 61.5 Å². The summed E-state index contributed by atoms with van der Waals surface area (Å²) in [6.45, 7) is 4.65. The van der Waals surface area contributed by atoms with Crippen molar-refractivity contribution in [2.24, 2.45) is 10.7 Å². The van der Waals surface area contributed by atoms with Crippen LogP contribution in [0.15, 0.2) is 59.6 Å². The molecule has 1 unspecified atom stereocenters. The van der Waals surface area contributed by atoms with Crippen LogP contribution < -0.4 is 15.8 Å². The Labute approximate surface area is 132 Å². The first-order valence-corrected chi connectivity index (χ1v) is 7.53. The molecular formula is C18H23N3O. The molecule has 0 spiro atoms. The Morgan fingerprint density at radius 2 is 1.82 bits per heavy atom. The van der Waals surface area contributed by atoms with Crippen LogP contribution in [0.5, 0.6) is 5.75 Å². The third kappa shape index (κ3) is 4.81. The number of nitrogens with one attached hydrogen (secondary N) is 1. The molecular weight excluding hydrogens is 274 g/mol. The van der Waals surface area contributed by atoms with E-state index in [9.17, 15) is 0 Å². The minimum absolute atomic E-state index is 0.0113. The average molecular weight is 297 g/mol. The Balaban J connectivity index is 1.92. The van der Waals surface area contributed by atoms with Gasteiger partial charge in [0.15, 0.2) is 5.96 Å². The summed E-state index contributed by atoms with van der Waals surface area (Å²) in [7, 11) is 0. The average Bonchev–Trinajstić information content (AvgIpc) is 2.54. The molecule has 0 bridgehead atoms. The number of aryl methyl sites for hydroxylation is 1. The zero-order chi connectivity index (χ0) is 15.8. The van der Waals surface area contributed by atoms with Crippen LogP contribution in [0.25, 0.3) is 0 Å². The molecule has 4 heteroatoms. The van der Waals surface area contributed by atoms with E-state index in [4.69, 9.17) is 10.5 Å². The number of hydrogen-bond donors (Lipinski definition) is 2. The third-order valence-corrected chi connectivity index (χ3v) is 3.35. The highest BCUT2D eigenvalue weighted by Gasteiger charge is 2.09. The number of anilines is 1. The van der Waals surface area contributed by atoms with E-state index in [-0.39, 0.29) is 6.10 Å². The van der Waals surface area contributed by atoms with Crippen LogP contribution in [-0.4, -0.2) is 18.6 Å². The number of hydrogen-bond acceptors (Lipinski definition) is 2. The van der Waals surface area contributed by atoms with Crippen molar-refractivity contribution in [3.63, 3.8) is 0 Å². The standard InChI is InChI=1S/C18H23N3O/c1-3-16(22-17-12-8-7-9-14(17)2)13-20-18(19)21-15-10-5-4-6-11-15/h4-12,16H,3,13H2,1-2H3,(H3,19,20,21). The highest BCUT2D eigenvalue weighted by Crippen LogP contribution is 2.18. The Morgan fingerprint density at radius 1 is 1.14 bits per heavy atom. The Kier molecular flexibility index (Phi) is 5.83. The van der Waals surface area contributed by atoms with Gasteiger partial charge < -0.3 is 15.8 Å². The van der Waals surface area contributed by atoms with E-state index >= 15 is 0 Å². The molecule has 0 aliphatic heterocycles. The van der Waals surface area contributed by atoms with Gasteiger partial charge in [0, 0.05) is 5.69 Å². The number of para-hydroxylation sites is 2. The lowest BCUT2D eigenvalue weighted by Crippen LogP contribution is -2.26.